The van der Waals surface area contributed by atoms with Crippen LogP contribution in [0.5, 0.6) is 0 Å². The van der Waals surface area contributed by atoms with Crippen molar-refractivity contribution in [2.45, 2.75) is 26.3 Å². The topological polar surface area (TPSA) is 41.1 Å². The largest absolute Gasteiger partial charge is 0.376 e. The summed E-state index contributed by atoms with van der Waals surface area (Å²) in [6.45, 7) is 4.28. The zero-order valence-electron chi connectivity index (χ0n) is 10.3. The third-order valence-electron chi connectivity index (χ3n) is 2.50. The highest BCUT2D eigenvalue weighted by Gasteiger charge is 2.04. The van der Waals surface area contributed by atoms with E-state index >= 15 is 0 Å². The van der Waals surface area contributed by atoms with Crippen LogP contribution in [0, 0.1) is 12.3 Å². The van der Waals surface area contributed by atoms with Gasteiger partial charge < -0.3 is 10.6 Å². The normalized spacial score (nSPS) is 11.4. The zero-order valence-corrected chi connectivity index (χ0v) is 10.3. The van der Waals surface area contributed by atoms with Crippen molar-refractivity contribution in [3.63, 3.8) is 0 Å². The third kappa shape index (κ3) is 4.60. The van der Waals surface area contributed by atoms with Crippen LogP contribution in [0.4, 0.5) is 5.69 Å². The van der Waals surface area contributed by atoms with Crippen LogP contribution in [0.3, 0.4) is 0 Å². The van der Waals surface area contributed by atoms with E-state index in [2.05, 4.69) is 16.6 Å². The van der Waals surface area contributed by atoms with Crippen molar-refractivity contribution in [2.24, 2.45) is 0 Å². The molecule has 0 bridgehead atoms. The van der Waals surface area contributed by atoms with Gasteiger partial charge in [-0.05, 0) is 31.5 Å². The van der Waals surface area contributed by atoms with Crippen molar-refractivity contribution in [1.82, 2.24) is 5.32 Å². The number of nitrogens with one attached hydrogen (secondary N) is 2. The minimum absolute atomic E-state index is 0.00883. The average molecular weight is 230 g/mol. The van der Waals surface area contributed by atoms with Crippen molar-refractivity contribution in [2.75, 3.05) is 11.9 Å². The van der Waals surface area contributed by atoms with Crippen molar-refractivity contribution in [3.8, 4) is 12.3 Å². The Balaban J connectivity index is 2.45. The van der Waals surface area contributed by atoms with Gasteiger partial charge in [0.1, 0.15) is 0 Å². The zero-order chi connectivity index (χ0) is 12.7. The van der Waals surface area contributed by atoms with E-state index in [9.17, 15) is 4.79 Å². The number of hydrogen-bond donors (Lipinski definition) is 2. The van der Waals surface area contributed by atoms with Gasteiger partial charge in [0, 0.05) is 17.3 Å². The Kier molecular flexibility index (Phi) is 5.09. The molecular formula is C14H18N2O. The quantitative estimate of drug-likeness (QED) is 0.760. The van der Waals surface area contributed by atoms with Crippen LogP contribution in [0.25, 0.3) is 0 Å². The molecule has 1 aromatic rings. The van der Waals surface area contributed by atoms with Crippen LogP contribution in [0.15, 0.2) is 24.3 Å². The van der Waals surface area contributed by atoms with Gasteiger partial charge in [-0.3, -0.25) is 4.79 Å². The molecule has 90 valence electrons. The van der Waals surface area contributed by atoms with E-state index < -0.39 is 0 Å². The Bertz CT molecular complexity index is 420. The molecule has 0 radical (unpaired) electrons. The van der Waals surface area contributed by atoms with Crippen LogP contribution in [0.2, 0.25) is 0 Å². The van der Waals surface area contributed by atoms with E-state index in [1.54, 1.807) is 0 Å². The summed E-state index contributed by atoms with van der Waals surface area (Å²) >= 11 is 0. The van der Waals surface area contributed by atoms with Crippen LogP contribution in [0.1, 0.15) is 25.8 Å². The molecule has 1 amide bonds. The first kappa shape index (κ1) is 13.1. The molecule has 0 aliphatic rings. The molecule has 3 nitrogen and oxygen atoms in total. The highest BCUT2D eigenvalue weighted by atomic mass is 16.1. The van der Waals surface area contributed by atoms with Crippen LogP contribution >= 0.6 is 0 Å². The number of terminal acetylenes is 1. The van der Waals surface area contributed by atoms with Gasteiger partial charge in [0.2, 0.25) is 5.91 Å². The number of carbonyl (C=O) groups excluding carboxylic acids is 1. The number of hydrogen-bond acceptors (Lipinski definition) is 2. The monoisotopic (exact) mass is 230 g/mol. The minimum Gasteiger partial charge on any atom is -0.376 e. The Morgan fingerprint density at radius 3 is 2.94 bits per heavy atom. The van der Waals surface area contributed by atoms with Gasteiger partial charge in [-0.25, -0.2) is 0 Å². The molecule has 0 aliphatic heterocycles. The standard InChI is InChI=1S/C14H18N2O/c1-4-11(3)16-14(17)10-15-13-8-6-7-12(5-2)9-13/h2,6-9,11,15H,4,10H2,1,3H3,(H,16,17). The molecule has 0 aromatic heterocycles. The summed E-state index contributed by atoms with van der Waals surface area (Å²) < 4.78 is 0. The molecule has 0 aliphatic carbocycles. The molecule has 0 fully saturated rings. The lowest BCUT2D eigenvalue weighted by Gasteiger charge is -2.12. The molecule has 1 rings (SSSR count). The first-order chi connectivity index (χ1) is 8.15. The van der Waals surface area contributed by atoms with Crippen molar-refractivity contribution in [3.05, 3.63) is 29.8 Å². The maximum atomic E-state index is 11.5. The predicted molar refractivity (Wildman–Crippen MR) is 70.8 cm³/mol. The fourth-order valence-corrected chi connectivity index (χ4v) is 1.33. The molecule has 0 spiro atoms. The van der Waals surface area contributed by atoms with E-state index in [1.807, 2.05) is 38.1 Å². The Morgan fingerprint density at radius 1 is 1.53 bits per heavy atom. The Morgan fingerprint density at radius 2 is 2.29 bits per heavy atom. The van der Waals surface area contributed by atoms with Crippen molar-refractivity contribution >= 4 is 11.6 Å². The fraction of sp³-hybridized carbons (Fsp3) is 0.357. The van der Waals surface area contributed by atoms with E-state index in [0.717, 1.165) is 17.7 Å². The van der Waals surface area contributed by atoms with Crippen LogP contribution in [-0.2, 0) is 4.79 Å². The van der Waals surface area contributed by atoms with Gasteiger partial charge in [0.05, 0.1) is 6.54 Å². The summed E-state index contributed by atoms with van der Waals surface area (Å²) in [5.41, 5.74) is 1.66. The van der Waals surface area contributed by atoms with E-state index in [0.29, 0.717) is 0 Å². The number of amides is 1. The average Bonchev–Trinajstić information content (AvgIpc) is 2.36. The molecule has 3 heteroatoms. The van der Waals surface area contributed by atoms with Crippen LogP contribution in [-0.4, -0.2) is 18.5 Å². The molecule has 17 heavy (non-hydrogen) atoms. The lowest BCUT2D eigenvalue weighted by Crippen LogP contribution is -2.36. The number of carbonyl (C=O) groups is 1. The number of benzene rings is 1. The molecule has 0 saturated heterocycles. The van der Waals surface area contributed by atoms with Crippen LogP contribution < -0.4 is 10.6 Å². The van der Waals surface area contributed by atoms with Gasteiger partial charge in [-0.2, -0.15) is 0 Å². The summed E-state index contributed by atoms with van der Waals surface area (Å²) in [7, 11) is 0. The number of rotatable bonds is 5. The molecule has 0 saturated carbocycles. The highest BCUT2D eigenvalue weighted by molar-refractivity contribution is 5.81. The lowest BCUT2D eigenvalue weighted by atomic mass is 10.2. The Labute approximate surface area is 103 Å². The fourth-order valence-electron chi connectivity index (χ4n) is 1.33. The first-order valence-corrected chi connectivity index (χ1v) is 5.75. The maximum Gasteiger partial charge on any atom is 0.239 e. The summed E-state index contributed by atoms with van der Waals surface area (Å²) in [4.78, 5) is 11.5. The summed E-state index contributed by atoms with van der Waals surface area (Å²) in [6, 6.07) is 7.66. The first-order valence-electron chi connectivity index (χ1n) is 5.75. The summed E-state index contributed by atoms with van der Waals surface area (Å²) in [5.74, 6) is 2.55. The predicted octanol–water partition coefficient (Wildman–Crippen LogP) is 1.99. The minimum atomic E-state index is -0.00883. The van der Waals surface area contributed by atoms with Gasteiger partial charge in [-0.15, -0.1) is 6.42 Å². The molecule has 1 unspecified atom stereocenters. The molecular weight excluding hydrogens is 212 g/mol. The van der Waals surface area contributed by atoms with Gasteiger partial charge in [0.25, 0.3) is 0 Å². The van der Waals surface area contributed by atoms with Crippen molar-refractivity contribution in [1.29, 1.82) is 0 Å². The van der Waals surface area contributed by atoms with E-state index in [4.69, 9.17) is 6.42 Å². The smallest absolute Gasteiger partial charge is 0.239 e. The van der Waals surface area contributed by atoms with Gasteiger partial charge >= 0.3 is 0 Å². The second kappa shape index (κ2) is 6.59. The third-order valence-corrected chi connectivity index (χ3v) is 2.50. The van der Waals surface area contributed by atoms with E-state index in [1.165, 1.54) is 0 Å². The lowest BCUT2D eigenvalue weighted by molar-refractivity contribution is -0.120. The SMILES string of the molecule is C#Cc1cccc(NCC(=O)NC(C)CC)c1. The second-order valence-corrected chi connectivity index (χ2v) is 3.96. The highest BCUT2D eigenvalue weighted by Crippen LogP contribution is 2.08. The van der Waals surface area contributed by atoms with Gasteiger partial charge in [0.15, 0.2) is 0 Å². The van der Waals surface area contributed by atoms with Crippen molar-refractivity contribution < 1.29 is 4.79 Å². The molecule has 2 N–H and O–H groups in total. The molecule has 1 atom stereocenters. The van der Waals surface area contributed by atoms with E-state index in [-0.39, 0.29) is 18.5 Å². The second-order valence-electron chi connectivity index (χ2n) is 3.96. The number of anilines is 1. The maximum absolute atomic E-state index is 11.5. The Hall–Kier alpha value is -1.95. The molecule has 1 aromatic carbocycles. The summed E-state index contributed by atoms with van der Waals surface area (Å²) in [6.07, 6.45) is 6.23. The molecule has 0 heterocycles. The van der Waals surface area contributed by atoms with Gasteiger partial charge in [-0.1, -0.05) is 18.9 Å². The summed E-state index contributed by atoms with van der Waals surface area (Å²) in [5, 5.41) is 5.93.